The van der Waals surface area contributed by atoms with E-state index in [0.717, 1.165) is 17.0 Å². The Balaban J connectivity index is 1.76. The van der Waals surface area contributed by atoms with Gasteiger partial charge in [0.25, 0.3) is 0 Å². The van der Waals surface area contributed by atoms with Gasteiger partial charge in [-0.1, -0.05) is 73.1 Å². The van der Waals surface area contributed by atoms with E-state index in [0.29, 0.717) is 55.7 Å². The standard InChI is InChI=1S/C46H71N5O8S/c1-13-28(3)39-44(56)51-21-15-14-16-36(51)45(57)59-38(46(7,8)9)23-27(2)22-37(52)30(5)41-47-33(26-60-41)24-29(4)40(53)48-35(25-32-17-19-34(58-12)20-18-32)43(55)49(10)31(6)42(54)50(39)11/h17-20,24,27-28,30-31,33,35-39,52H,13-16,21-23,25-26H2,1-12H3,(H,48,53)/b29-24+/t27-,28+,30+,31-,33-,35-,36-,37-,38+,39-/m0/s1. The Morgan fingerprint density at radius 1 is 0.983 bits per heavy atom. The molecule has 0 spiro atoms. The fourth-order valence-corrected chi connectivity index (χ4v) is 9.42. The van der Waals surface area contributed by atoms with Crippen molar-refractivity contribution < 1.29 is 38.6 Å². The van der Waals surface area contributed by atoms with Gasteiger partial charge in [0.2, 0.25) is 23.6 Å². The number of hydrogen-bond acceptors (Lipinski definition) is 10. The highest BCUT2D eigenvalue weighted by molar-refractivity contribution is 8.14. The van der Waals surface area contributed by atoms with Crippen molar-refractivity contribution in [2.75, 3.05) is 33.5 Å². The molecule has 1 aromatic rings. The van der Waals surface area contributed by atoms with E-state index >= 15 is 0 Å². The van der Waals surface area contributed by atoms with Crippen LogP contribution in [0, 0.1) is 23.2 Å². The maximum Gasteiger partial charge on any atom is 0.329 e. The number of hydrogen-bond donors (Lipinski definition) is 2. The van der Waals surface area contributed by atoms with Crippen LogP contribution in [-0.4, -0.2) is 130 Å². The summed E-state index contributed by atoms with van der Waals surface area (Å²) in [5.41, 5.74) is 0.756. The van der Waals surface area contributed by atoms with Crippen LogP contribution < -0.4 is 10.1 Å². The summed E-state index contributed by atoms with van der Waals surface area (Å²) in [4.78, 5) is 80.9. The first-order chi connectivity index (χ1) is 28.2. The first-order valence-corrected chi connectivity index (χ1v) is 22.7. The molecule has 0 aliphatic carbocycles. The molecule has 0 aromatic heterocycles. The van der Waals surface area contributed by atoms with Gasteiger partial charge in [0, 0.05) is 44.3 Å². The summed E-state index contributed by atoms with van der Waals surface area (Å²) in [6.07, 6.45) is 4.25. The Kier molecular flexibility index (Phi) is 17.3. The molecule has 60 heavy (non-hydrogen) atoms. The summed E-state index contributed by atoms with van der Waals surface area (Å²) in [6, 6.07) is 3.18. The highest BCUT2D eigenvalue weighted by Gasteiger charge is 2.44. The number of amides is 4. The van der Waals surface area contributed by atoms with Crippen LogP contribution in [-0.2, 0) is 35.1 Å². The molecule has 2 N–H and O–H groups in total. The van der Waals surface area contributed by atoms with Crippen molar-refractivity contribution in [3.8, 4) is 5.75 Å². The lowest BCUT2D eigenvalue weighted by molar-refractivity contribution is -0.169. The summed E-state index contributed by atoms with van der Waals surface area (Å²) in [5.74, 6) is -1.40. The summed E-state index contributed by atoms with van der Waals surface area (Å²) >= 11 is 1.56. The van der Waals surface area contributed by atoms with Crippen LogP contribution >= 0.6 is 11.8 Å². The molecule has 3 heterocycles. The van der Waals surface area contributed by atoms with Crippen LogP contribution in [0.4, 0.5) is 0 Å². The molecule has 3 aliphatic heterocycles. The lowest BCUT2D eigenvalue weighted by Gasteiger charge is -2.42. The number of likely N-dealkylation sites (N-methyl/N-ethyl adjacent to an activating group) is 2. The number of rotatable bonds is 5. The third-order valence-electron chi connectivity index (χ3n) is 12.7. The Hall–Kier alpha value is -3.91. The molecule has 14 heteroatoms. The Labute approximate surface area is 362 Å². The number of aliphatic imine (C=N–C) groups is 1. The fraction of sp³-hybridized carbons (Fsp3) is 0.696. The Morgan fingerprint density at radius 2 is 1.65 bits per heavy atom. The van der Waals surface area contributed by atoms with Crippen LogP contribution in [0.3, 0.4) is 0 Å². The SMILES string of the molecule is CC[C@@H](C)[C@H]1C(=O)N2CCCC[C@H]2C(=O)O[C@@H](C(C)(C)C)C[C@@H](C)C[C@H](O)[C@@H](C)C2=N[C@@H](/C=C(\C)C(=O)N[C@@H](Cc3ccc(OC)cc3)C(=O)N(C)[C@@H](C)C(=O)N1C)CS2. The molecule has 0 saturated carbocycles. The van der Waals surface area contributed by atoms with Crippen LogP contribution in [0.15, 0.2) is 40.9 Å². The lowest BCUT2D eigenvalue weighted by atomic mass is 9.81. The van der Waals surface area contributed by atoms with Crippen LogP contribution in [0.5, 0.6) is 5.75 Å². The van der Waals surface area contributed by atoms with Gasteiger partial charge >= 0.3 is 5.97 Å². The highest BCUT2D eigenvalue weighted by atomic mass is 32.2. The molecular weight excluding hydrogens is 783 g/mol. The number of fused-ring (bicyclic) bond motifs is 2. The van der Waals surface area contributed by atoms with Crippen LogP contribution in [0.2, 0.25) is 0 Å². The molecule has 10 atom stereocenters. The normalized spacial score (nSPS) is 31.5. The van der Waals surface area contributed by atoms with Crippen molar-refractivity contribution in [1.29, 1.82) is 0 Å². The average molecular weight is 854 g/mol. The van der Waals surface area contributed by atoms with Gasteiger partial charge in [0.15, 0.2) is 0 Å². The average Bonchev–Trinajstić information content (AvgIpc) is 3.69. The minimum Gasteiger partial charge on any atom is -0.497 e. The summed E-state index contributed by atoms with van der Waals surface area (Å²) in [7, 11) is 4.69. The monoisotopic (exact) mass is 854 g/mol. The molecule has 13 nitrogen and oxygen atoms in total. The molecule has 1 aromatic carbocycles. The van der Waals surface area contributed by atoms with Gasteiger partial charge in [-0.2, -0.15) is 0 Å². The highest BCUT2D eigenvalue weighted by Crippen LogP contribution is 2.34. The number of methoxy groups -OCH3 is 1. The first-order valence-electron chi connectivity index (χ1n) is 21.7. The molecule has 4 amide bonds. The topological polar surface area (TPSA) is 158 Å². The van der Waals surface area contributed by atoms with Crippen molar-refractivity contribution in [2.45, 2.75) is 150 Å². The number of benzene rings is 1. The number of ether oxygens (including phenoxy) is 2. The van der Waals surface area contributed by atoms with Gasteiger partial charge in [-0.05, 0) is 80.9 Å². The maximum absolute atomic E-state index is 14.7. The van der Waals surface area contributed by atoms with Crippen LogP contribution in [0.1, 0.15) is 106 Å². The van der Waals surface area contributed by atoms with E-state index in [2.05, 4.69) is 12.2 Å². The fourth-order valence-electron chi connectivity index (χ4n) is 8.28. The second kappa shape index (κ2) is 21.3. The molecule has 4 rings (SSSR count). The number of aliphatic hydroxyl groups excluding tert-OH is 1. The molecule has 2 bridgehead atoms. The largest absolute Gasteiger partial charge is 0.497 e. The van der Waals surface area contributed by atoms with Gasteiger partial charge in [0.05, 0.1) is 24.3 Å². The van der Waals surface area contributed by atoms with E-state index < -0.39 is 65.5 Å². The van der Waals surface area contributed by atoms with E-state index in [-0.39, 0.29) is 36.1 Å². The number of nitrogens with zero attached hydrogens (tertiary/aromatic N) is 4. The second-order valence-corrected chi connectivity index (χ2v) is 19.5. The summed E-state index contributed by atoms with van der Waals surface area (Å²) in [5, 5.41) is 15.2. The van der Waals surface area contributed by atoms with E-state index in [9.17, 15) is 29.1 Å². The van der Waals surface area contributed by atoms with Crippen molar-refractivity contribution in [3.63, 3.8) is 0 Å². The first kappa shape index (κ1) is 48.8. The van der Waals surface area contributed by atoms with Crippen molar-refractivity contribution >= 4 is 46.4 Å². The number of esters is 1. The van der Waals surface area contributed by atoms with Crippen molar-refractivity contribution in [2.24, 2.45) is 28.2 Å². The van der Waals surface area contributed by atoms with Crippen molar-refractivity contribution in [3.05, 3.63) is 41.5 Å². The third kappa shape index (κ3) is 12.1. The molecule has 0 radical (unpaired) electrons. The molecule has 1 fully saturated rings. The van der Waals surface area contributed by atoms with E-state index in [1.807, 2.05) is 53.7 Å². The second-order valence-electron chi connectivity index (χ2n) is 18.4. The van der Waals surface area contributed by atoms with Crippen LogP contribution in [0.25, 0.3) is 0 Å². The predicted octanol–water partition coefficient (Wildman–Crippen LogP) is 5.67. The predicted molar refractivity (Wildman–Crippen MR) is 237 cm³/mol. The quantitative estimate of drug-likeness (QED) is 0.357. The zero-order chi connectivity index (χ0) is 44.6. The lowest BCUT2D eigenvalue weighted by Crippen LogP contribution is -2.61. The number of carbonyl (C=O) groups is 5. The third-order valence-corrected chi connectivity index (χ3v) is 14.0. The number of cyclic esters (lactones) is 1. The summed E-state index contributed by atoms with van der Waals surface area (Å²) < 4.78 is 11.7. The Bertz CT molecular complexity index is 1740. The number of piperidine rings is 1. The number of nitrogens with one attached hydrogen (secondary N) is 1. The Morgan fingerprint density at radius 3 is 2.27 bits per heavy atom. The summed E-state index contributed by atoms with van der Waals surface area (Å²) in [6.45, 7) is 17.6. The molecule has 334 valence electrons. The van der Waals surface area contributed by atoms with E-state index in [1.54, 1.807) is 62.9 Å². The van der Waals surface area contributed by atoms with Gasteiger partial charge < -0.3 is 34.6 Å². The minimum absolute atomic E-state index is 0.00480. The van der Waals surface area contributed by atoms with Gasteiger partial charge in [-0.3, -0.25) is 24.2 Å². The number of thioether (sulfide) groups is 1. The van der Waals surface area contributed by atoms with Gasteiger partial charge in [-0.15, -0.1) is 11.8 Å². The smallest absolute Gasteiger partial charge is 0.329 e. The maximum atomic E-state index is 14.7. The van der Waals surface area contributed by atoms with E-state index in [1.165, 1.54) is 16.8 Å². The molecule has 3 aliphatic rings. The zero-order valence-electron chi connectivity index (χ0n) is 38.0. The van der Waals surface area contributed by atoms with E-state index in [4.69, 9.17) is 14.5 Å². The zero-order valence-corrected chi connectivity index (χ0v) is 38.8. The number of carbonyl (C=O) groups excluding carboxylic acids is 5. The molecule has 0 unspecified atom stereocenters. The molecule has 1 saturated heterocycles. The number of aliphatic hydroxyl groups is 1. The van der Waals surface area contributed by atoms with Crippen molar-refractivity contribution in [1.82, 2.24) is 20.0 Å². The van der Waals surface area contributed by atoms with Gasteiger partial charge in [0.1, 0.15) is 36.0 Å². The van der Waals surface area contributed by atoms with Gasteiger partial charge in [-0.25, -0.2) is 4.79 Å². The molecular formula is C46H71N5O8S. The minimum atomic E-state index is -1.03.